The molecule has 6 nitrogen and oxygen atoms in total. The highest BCUT2D eigenvalue weighted by Crippen LogP contribution is 2.30. The molecule has 0 radical (unpaired) electrons. The van der Waals surface area contributed by atoms with Crippen molar-refractivity contribution < 1.29 is 4.79 Å². The predicted molar refractivity (Wildman–Crippen MR) is 67.7 cm³/mol. The van der Waals surface area contributed by atoms with Crippen LogP contribution in [-0.2, 0) is 4.79 Å². The van der Waals surface area contributed by atoms with E-state index in [4.69, 9.17) is 0 Å². The van der Waals surface area contributed by atoms with Gasteiger partial charge in [-0.3, -0.25) is 9.89 Å². The first-order valence-corrected chi connectivity index (χ1v) is 6.40. The van der Waals surface area contributed by atoms with E-state index < -0.39 is 0 Å². The van der Waals surface area contributed by atoms with Gasteiger partial charge in [0.05, 0.1) is 12.1 Å². The highest BCUT2D eigenvalue weighted by Gasteiger charge is 2.37. The van der Waals surface area contributed by atoms with E-state index in [9.17, 15) is 4.79 Å². The van der Waals surface area contributed by atoms with Gasteiger partial charge in [0.25, 0.3) is 0 Å². The van der Waals surface area contributed by atoms with Crippen LogP contribution in [0.25, 0.3) is 0 Å². The number of carbonyl (C=O) groups is 1. The van der Waals surface area contributed by atoms with Crippen LogP contribution in [-0.4, -0.2) is 33.7 Å². The maximum atomic E-state index is 12.3. The third kappa shape index (κ3) is 2.69. The molecule has 1 aliphatic heterocycles. The van der Waals surface area contributed by atoms with Crippen LogP contribution in [0, 0.1) is 5.41 Å². The smallest absolute Gasteiger partial charge is 0.238 e. The summed E-state index contributed by atoms with van der Waals surface area (Å²) in [6.45, 7) is 7.05. The van der Waals surface area contributed by atoms with Gasteiger partial charge in [-0.1, -0.05) is 13.8 Å². The quantitative estimate of drug-likeness (QED) is 0.740. The van der Waals surface area contributed by atoms with Gasteiger partial charge in [0.2, 0.25) is 5.91 Å². The van der Waals surface area contributed by atoms with Crippen LogP contribution < -0.4 is 10.6 Å². The van der Waals surface area contributed by atoms with Crippen LogP contribution in [0.4, 0.5) is 0 Å². The standard InChI is InChI=1S/C12H21N5O/c1-8(10-14-7-15-17-10)16-11(18)9-12(2,3)5-4-6-13-9/h7-9,13H,4-6H2,1-3H3,(H,16,18)(H,14,15,17). The second-order valence-corrected chi connectivity index (χ2v) is 5.58. The first kappa shape index (κ1) is 13.0. The van der Waals surface area contributed by atoms with Crippen molar-refractivity contribution >= 4 is 5.91 Å². The number of nitrogens with one attached hydrogen (secondary N) is 3. The molecule has 0 saturated carbocycles. The molecule has 18 heavy (non-hydrogen) atoms. The Hall–Kier alpha value is -1.43. The highest BCUT2D eigenvalue weighted by molar-refractivity contribution is 5.83. The number of hydrogen-bond donors (Lipinski definition) is 3. The fraction of sp³-hybridized carbons (Fsp3) is 0.750. The van der Waals surface area contributed by atoms with E-state index in [0.29, 0.717) is 5.82 Å². The van der Waals surface area contributed by atoms with Crippen LogP contribution in [0.2, 0.25) is 0 Å². The van der Waals surface area contributed by atoms with Crippen LogP contribution in [0.5, 0.6) is 0 Å². The number of amides is 1. The van der Waals surface area contributed by atoms with E-state index >= 15 is 0 Å². The molecule has 0 aliphatic carbocycles. The number of H-pyrrole nitrogens is 1. The summed E-state index contributed by atoms with van der Waals surface area (Å²) in [6.07, 6.45) is 3.63. The van der Waals surface area contributed by atoms with E-state index in [1.165, 1.54) is 6.33 Å². The fourth-order valence-electron chi connectivity index (χ4n) is 2.45. The van der Waals surface area contributed by atoms with Gasteiger partial charge in [-0.05, 0) is 31.7 Å². The lowest BCUT2D eigenvalue weighted by molar-refractivity contribution is -0.127. The van der Waals surface area contributed by atoms with Crippen molar-refractivity contribution in [1.29, 1.82) is 0 Å². The lowest BCUT2D eigenvalue weighted by Gasteiger charge is -2.38. The summed E-state index contributed by atoms with van der Waals surface area (Å²) in [5, 5.41) is 12.8. The third-order valence-corrected chi connectivity index (χ3v) is 3.59. The highest BCUT2D eigenvalue weighted by atomic mass is 16.2. The maximum Gasteiger partial charge on any atom is 0.238 e. The second-order valence-electron chi connectivity index (χ2n) is 5.58. The summed E-state index contributed by atoms with van der Waals surface area (Å²) in [6, 6.07) is -0.295. The number of carbonyl (C=O) groups excluding carboxylic acids is 1. The number of nitrogens with zero attached hydrogens (tertiary/aromatic N) is 2. The molecule has 0 bridgehead atoms. The van der Waals surface area contributed by atoms with E-state index in [0.717, 1.165) is 19.4 Å². The van der Waals surface area contributed by atoms with Gasteiger partial charge in [0.15, 0.2) is 0 Å². The van der Waals surface area contributed by atoms with Gasteiger partial charge in [-0.2, -0.15) is 5.10 Å². The van der Waals surface area contributed by atoms with E-state index in [1.807, 2.05) is 6.92 Å². The Bertz CT molecular complexity index is 401. The molecule has 2 rings (SSSR count). The molecule has 1 aromatic rings. The minimum absolute atomic E-state index is 0.0104. The lowest BCUT2D eigenvalue weighted by Crippen LogP contribution is -2.55. The molecule has 1 fully saturated rings. The Morgan fingerprint density at radius 2 is 2.39 bits per heavy atom. The molecule has 1 aliphatic rings. The molecule has 2 atom stereocenters. The molecule has 0 aromatic carbocycles. The van der Waals surface area contributed by atoms with Crippen LogP contribution in [0.1, 0.15) is 45.5 Å². The first-order chi connectivity index (χ1) is 8.50. The molecule has 2 heterocycles. The Kier molecular flexibility index (Phi) is 3.65. The maximum absolute atomic E-state index is 12.3. The Morgan fingerprint density at radius 1 is 1.61 bits per heavy atom. The SMILES string of the molecule is CC(NC(=O)C1NCCCC1(C)C)c1ncn[nH]1. The summed E-state index contributed by atoms with van der Waals surface area (Å²) < 4.78 is 0. The fourth-order valence-corrected chi connectivity index (χ4v) is 2.45. The van der Waals surface area contributed by atoms with E-state index in [1.54, 1.807) is 0 Å². The number of piperidine rings is 1. The third-order valence-electron chi connectivity index (χ3n) is 3.59. The minimum atomic E-state index is -0.153. The monoisotopic (exact) mass is 251 g/mol. The van der Waals surface area contributed by atoms with Crippen LogP contribution in [0.3, 0.4) is 0 Å². The zero-order valence-electron chi connectivity index (χ0n) is 11.2. The van der Waals surface area contributed by atoms with Gasteiger partial charge >= 0.3 is 0 Å². The number of aromatic nitrogens is 3. The Morgan fingerprint density at radius 3 is 3.00 bits per heavy atom. The summed E-state index contributed by atoms with van der Waals surface area (Å²) in [4.78, 5) is 16.3. The van der Waals surface area contributed by atoms with Gasteiger partial charge < -0.3 is 10.6 Å². The largest absolute Gasteiger partial charge is 0.345 e. The summed E-state index contributed by atoms with van der Waals surface area (Å²) in [7, 11) is 0. The molecule has 3 N–H and O–H groups in total. The zero-order valence-corrected chi connectivity index (χ0v) is 11.2. The Labute approximate surface area is 107 Å². The van der Waals surface area contributed by atoms with Crippen LogP contribution in [0.15, 0.2) is 6.33 Å². The van der Waals surface area contributed by atoms with Gasteiger partial charge in [-0.25, -0.2) is 4.98 Å². The predicted octanol–water partition coefficient (Wildman–Crippen LogP) is 0.760. The Balaban J connectivity index is 1.99. The molecular weight excluding hydrogens is 230 g/mol. The average molecular weight is 251 g/mol. The summed E-state index contributed by atoms with van der Waals surface area (Å²) in [5.41, 5.74) is -0.0104. The molecule has 2 unspecified atom stereocenters. The van der Waals surface area contributed by atoms with Crippen molar-refractivity contribution in [2.75, 3.05) is 6.54 Å². The minimum Gasteiger partial charge on any atom is -0.345 e. The van der Waals surface area contributed by atoms with Crippen molar-refractivity contribution in [1.82, 2.24) is 25.8 Å². The molecule has 0 spiro atoms. The van der Waals surface area contributed by atoms with Crippen molar-refractivity contribution in [2.45, 2.75) is 45.7 Å². The number of hydrogen-bond acceptors (Lipinski definition) is 4. The van der Waals surface area contributed by atoms with E-state index in [2.05, 4.69) is 39.7 Å². The second kappa shape index (κ2) is 5.06. The lowest BCUT2D eigenvalue weighted by atomic mass is 9.77. The molecular formula is C12H21N5O. The van der Waals surface area contributed by atoms with Crippen molar-refractivity contribution in [3.8, 4) is 0 Å². The average Bonchev–Trinajstić information content (AvgIpc) is 2.81. The van der Waals surface area contributed by atoms with Crippen molar-refractivity contribution in [2.24, 2.45) is 5.41 Å². The molecule has 100 valence electrons. The van der Waals surface area contributed by atoms with Crippen LogP contribution >= 0.6 is 0 Å². The van der Waals surface area contributed by atoms with Crippen molar-refractivity contribution in [3.05, 3.63) is 12.2 Å². The normalized spacial score (nSPS) is 24.5. The molecule has 6 heteroatoms. The molecule has 1 amide bonds. The topological polar surface area (TPSA) is 82.7 Å². The van der Waals surface area contributed by atoms with Gasteiger partial charge in [-0.15, -0.1) is 0 Å². The first-order valence-electron chi connectivity index (χ1n) is 6.40. The summed E-state index contributed by atoms with van der Waals surface area (Å²) in [5.74, 6) is 0.709. The molecule has 1 aromatic heterocycles. The molecule has 1 saturated heterocycles. The zero-order chi connectivity index (χ0) is 13.2. The van der Waals surface area contributed by atoms with Gasteiger partial charge in [0.1, 0.15) is 12.2 Å². The summed E-state index contributed by atoms with van der Waals surface area (Å²) >= 11 is 0. The number of rotatable bonds is 3. The van der Waals surface area contributed by atoms with Gasteiger partial charge in [0, 0.05) is 0 Å². The van der Waals surface area contributed by atoms with Crippen molar-refractivity contribution in [3.63, 3.8) is 0 Å². The van der Waals surface area contributed by atoms with E-state index in [-0.39, 0.29) is 23.4 Å². The number of aromatic amines is 1.